The molecule has 5 rings (SSSR count). The molecule has 4 atom stereocenters. The van der Waals surface area contributed by atoms with E-state index in [-0.39, 0.29) is 23.5 Å². The smallest absolute Gasteiger partial charge is 0.325 e. The van der Waals surface area contributed by atoms with Crippen molar-refractivity contribution >= 4 is 11.8 Å². The highest BCUT2D eigenvalue weighted by Crippen LogP contribution is 2.45. The van der Waals surface area contributed by atoms with Crippen molar-refractivity contribution < 1.29 is 19.4 Å². The largest absolute Gasteiger partial charge is 0.493 e. The summed E-state index contributed by atoms with van der Waals surface area (Å²) in [5.41, 5.74) is 4.38. The fourth-order valence-electron chi connectivity index (χ4n) is 6.81. The number of nitrogens with one attached hydrogen (secondary N) is 1. The first-order valence-corrected chi connectivity index (χ1v) is 14.8. The van der Waals surface area contributed by atoms with Crippen LogP contribution in [0.15, 0.2) is 30.3 Å². The third kappa shape index (κ3) is 6.09. The summed E-state index contributed by atoms with van der Waals surface area (Å²) in [5, 5.41) is 13.8. The molecule has 1 aromatic heterocycles. The average Bonchev–Trinajstić information content (AvgIpc) is 3.22. The van der Waals surface area contributed by atoms with E-state index in [1.165, 1.54) is 12.0 Å². The number of nitrogens with zero attached hydrogens (tertiary/aromatic N) is 2. The standard InChI is InChI=1S/C32H45N3O4/c1-21-15-18-38-26-12-7-11-25(28(21)26)29(31(36)37)35(4)24-19-27(32(2,3)20-24)39-17-6-5-10-23-14-13-22-9-8-16-33-30(22)34-23/h7,11-14,21,24,27,29H,5-6,8-10,15-20H2,1-4H3,(H,33,34)(H,36,37)/t21-,24-,27-,29+/m0/s1. The molecule has 1 saturated carbocycles. The first kappa shape index (κ1) is 27.9. The van der Waals surface area contributed by atoms with Gasteiger partial charge in [0.1, 0.15) is 17.6 Å². The molecule has 1 aromatic carbocycles. The van der Waals surface area contributed by atoms with Crippen LogP contribution in [0.5, 0.6) is 5.75 Å². The number of aliphatic carboxylic acids is 1. The molecule has 0 radical (unpaired) electrons. The number of pyridine rings is 1. The maximum Gasteiger partial charge on any atom is 0.325 e. The Labute approximate surface area is 233 Å². The van der Waals surface area contributed by atoms with E-state index < -0.39 is 12.0 Å². The summed E-state index contributed by atoms with van der Waals surface area (Å²) in [6.45, 7) is 9.10. The van der Waals surface area contributed by atoms with Crippen LogP contribution in [0.4, 0.5) is 5.82 Å². The van der Waals surface area contributed by atoms with Crippen molar-refractivity contribution in [2.45, 2.75) is 96.2 Å². The first-order valence-electron chi connectivity index (χ1n) is 14.8. The van der Waals surface area contributed by atoms with Crippen molar-refractivity contribution in [1.82, 2.24) is 9.88 Å². The van der Waals surface area contributed by atoms with Crippen LogP contribution in [0.3, 0.4) is 0 Å². The zero-order chi connectivity index (χ0) is 27.6. The van der Waals surface area contributed by atoms with Gasteiger partial charge in [0, 0.05) is 30.5 Å². The van der Waals surface area contributed by atoms with Gasteiger partial charge in [-0.25, -0.2) is 4.98 Å². The second-order valence-corrected chi connectivity index (χ2v) is 12.4. The van der Waals surface area contributed by atoms with E-state index in [1.54, 1.807) is 0 Å². The molecule has 2 aromatic rings. The Bertz CT molecular complexity index is 1170. The monoisotopic (exact) mass is 535 g/mol. The second-order valence-electron chi connectivity index (χ2n) is 12.4. The Morgan fingerprint density at radius 1 is 1.28 bits per heavy atom. The minimum Gasteiger partial charge on any atom is -0.493 e. The van der Waals surface area contributed by atoms with Crippen molar-refractivity contribution in [1.29, 1.82) is 0 Å². The quantitative estimate of drug-likeness (QED) is 0.362. The molecule has 0 bridgehead atoms. The van der Waals surface area contributed by atoms with Crippen LogP contribution in [-0.2, 0) is 22.4 Å². The lowest BCUT2D eigenvalue weighted by atomic mass is 9.86. The Hall–Kier alpha value is -2.64. The van der Waals surface area contributed by atoms with Crippen LogP contribution >= 0.6 is 0 Å². The summed E-state index contributed by atoms with van der Waals surface area (Å²) in [6.07, 6.45) is 8.06. The highest BCUT2D eigenvalue weighted by molar-refractivity contribution is 5.77. The van der Waals surface area contributed by atoms with Crippen molar-refractivity contribution in [3.63, 3.8) is 0 Å². The summed E-state index contributed by atoms with van der Waals surface area (Å²) in [4.78, 5) is 19.5. The van der Waals surface area contributed by atoms with E-state index in [0.29, 0.717) is 6.61 Å². The average molecular weight is 536 g/mol. The van der Waals surface area contributed by atoms with Crippen LogP contribution in [0.2, 0.25) is 0 Å². The molecule has 3 aliphatic rings. The Morgan fingerprint density at radius 2 is 2.13 bits per heavy atom. The van der Waals surface area contributed by atoms with Crippen molar-refractivity contribution in [3.8, 4) is 5.75 Å². The van der Waals surface area contributed by atoms with E-state index in [1.807, 2.05) is 25.2 Å². The topological polar surface area (TPSA) is 83.9 Å². The van der Waals surface area contributed by atoms with Gasteiger partial charge in [-0.2, -0.15) is 0 Å². The number of rotatable bonds is 10. The third-order valence-electron chi connectivity index (χ3n) is 9.13. The van der Waals surface area contributed by atoms with Crippen molar-refractivity contribution in [2.24, 2.45) is 5.41 Å². The van der Waals surface area contributed by atoms with E-state index in [2.05, 4.69) is 43.1 Å². The van der Waals surface area contributed by atoms with Gasteiger partial charge in [0.2, 0.25) is 0 Å². The van der Waals surface area contributed by atoms with E-state index in [4.69, 9.17) is 14.5 Å². The lowest BCUT2D eigenvalue weighted by Crippen LogP contribution is -2.39. The summed E-state index contributed by atoms with van der Waals surface area (Å²) in [6, 6.07) is 9.69. The van der Waals surface area contributed by atoms with Crippen LogP contribution in [0.25, 0.3) is 0 Å². The normalized spacial score (nSPS) is 24.4. The van der Waals surface area contributed by atoms with Gasteiger partial charge in [-0.05, 0) is 93.0 Å². The number of likely N-dealkylation sites (N-methyl/N-ethyl adjacent to an activating group) is 1. The van der Waals surface area contributed by atoms with Gasteiger partial charge in [0.25, 0.3) is 0 Å². The Balaban J connectivity index is 1.17. The molecular weight excluding hydrogens is 490 g/mol. The van der Waals surface area contributed by atoms with Gasteiger partial charge in [-0.15, -0.1) is 0 Å². The van der Waals surface area contributed by atoms with Gasteiger partial charge in [-0.1, -0.05) is 39.0 Å². The molecule has 2 N–H and O–H groups in total. The number of hydrogen-bond donors (Lipinski definition) is 2. The maximum atomic E-state index is 12.7. The molecular formula is C32H45N3O4. The number of carboxylic acid groups (broad SMARTS) is 1. The van der Waals surface area contributed by atoms with Crippen molar-refractivity contribution in [2.75, 3.05) is 32.1 Å². The predicted molar refractivity (Wildman–Crippen MR) is 154 cm³/mol. The predicted octanol–water partition coefficient (Wildman–Crippen LogP) is 5.98. The van der Waals surface area contributed by atoms with Gasteiger partial charge in [0.15, 0.2) is 0 Å². The van der Waals surface area contributed by atoms with Gasteiger partial charge < -0.3 is 19.9 Å². The maximum absolute atomic E-state index is 12.7. The number of carboxylic acids is 1. The molecule has 0 saturated heterocycles. The van der Waals surface area contributed by atoms with Gasteiger partial charge in [-0.3, -0.25) is 9.69 Å². The molecule has 7 heteroatoms. The summed E-state index contributed by atoms with van der Waals surface area (Å²) in [7, 11) is 1.97. The number of carbonyl (C=O) groups is 1. The highest BCUT2D eigenvalue weighted by Gasteiger charge is 2.45. The highest BCUT2D eigenvalue weighted by atomic mass is 16.5. The minimum atomic E-state index is -0.808. The molecule has 2 aliphatic heterocycles. The fraction of sp³-hybridized carbons (Fsp3) is 0.625. The fourth-order valence-corrected chi connectivity index (χ4v) is 6.81. The number of ether oxygens (including phenoxy) is 2. The van der Waals surface area contributed by atoms with E-state index in [9.17, 15) is 9.90 Å². The summed E-state index contributed by atoms with van der Waals surface area (Å²) in [5.74, 6) is 1.37. The lowest BCUT2D eigenvalue weighted by Gasteiger charge is -2.34. The molecule has 39 heavy (non-hydrogen) atoms. The van der Waals surface area contributed by atoms with Crippen LogP contribution in [0, 0.1) is 5.41 Å². The number of fused-ring (bicyclic) bond motifs is 2. The second kappa shape index (κ2) is 11.8. The first-order chi connectivity index (χ1) is 18.7. The van der Waals surface area contributed by atoms with E-state index >= 15 is 0 Å². The van der Waals surface area contributed by atoms with Crippen LogP contribution in [-0.4, -0.2) is 59.9 Å². The zero-order valence-corrected chi connectivity index (χ0v) is 24.0. The SMILES string of the molecule is C[C@H]1CCOc2cccc([C@H](C(=O)O)N(C)[C@H]3C[C@H](OCCCCc4ccc5c(n4)NCCC5)C(C)(C)C3)c21. The molecule has 0 spiro atoms. The lowest BCUT2D eigenvalue weighted by molar-refractivity contribution is -0.144. The number of unbranched alkanes of at least 4 members (excludes halogenated alkanes) is 1. The number of benzene rings is 1. The molecule has 1 aliphatic carbocycles. The minimum absolute atomic E-state index is 0.0137. The number of aromatic nitrogens is 1. The molecule has 212 valence electrons. The number of anilines is 1. The van der Waals surface area contributed by atoms with Crippen LogP contribution in [0.1, 0.15) is 93.6 Å². The third-order valence-corrected chi connectivity index (χ3v) is 9.13. The molecule has 7 nitrogen and oxygen atoms in total. The molecule has 0 amide bonds. The Kier molecular flexibility index (Phi) is 8.48. The number of hydrogen-bond acceptors (Lipinski definition) is 6. The van der Waals surface area contributed by atoms with Crippen molar-refractivity contribution in [3.05, 3.63) is 52.7 Å². The zero-order valence-electron chi connectivity index (χ0n) is 24.0. The van der Waals surface area contributed by atoms with Gasteiger partial charge >= 0.3 is 5.97 Å². The number of aryl methyl sites for hydroxylation is 2. The van der Waals surface area contributed by atoms with E-state index in [0.717, 1.165) is 86.5 Å². The van der Waals surface area contributed by atoms with Gasteiger partial charge in [0.05, 0.1) is 12.7 Å². The van der Waals surface area contributed by atoms with Crippen LogP contribution < -0.4 is 10.1 Å². The molecule has 0 unspecified atom stereocenters. The summed E-state index contributed by atoms with van der Waals surface area (Å²) >= 11 is 0. The molecule has 3 heterocycles. The molecule has 1 fully saturated rings. The summed E-state index contributed by atoms with van der Waals surface area (Å²) < 4.78 is 12.4. The Morgan fingerprint density at radius 3 is 2.95 bits per heavy atom.